The SMILES string of the molecule is CC(C#N)n1cc(C(=O)NCc2nnc(-c3ccccc3)s2)nn1. The summed E-state index contributed by atoms with van der Waals surface area (Å²) in [6.07, 6.45) is 1.44. The molecule has 1 atom stereocenters. The molecule has 0 fully saturated rings. The van der Waals surface area contributed by atoms with Crippen molar-refractivity contribution in [2.75, 3.05) is 0 Å². The normalized spacial score (nSPS) is 11.7. The Kier molecular flexibility index (Phi) is 4.58. The molecule has 0 saturated heterocycles. The minimum Gasteiger partial charge on any atom is -0.344 e. The molecular weight excluding hydrogens is 326 g/mol. The van der Waals surface area contributed by atoms with Crippen LogP contribution in [0, 0.1) is 11.3 Å². The van der Waals surface area contributed by atoms with Gasteiger partial charge in [0, 0.05) is 5.56 Å². The summed E-state index contributed by atoms with van der Waals surface area (Å²) in [7, 11) is 0. The number of amides is 1. The smallest absolute Gasteiger partial charge is 0.273 e. The number of rotatable bonds is 5. The first-order valence-corrected chi connectivity index (χ1v) is 7.96. The molecule has 120 valence electrons. The van der Waals surface area contributed by atoms with Gasteiger partial charge in [-0.05, 0) is 6.92 Å². The fraction of sp³-hybridized carbons (Fsp3) is 0.200. The summed E-state index contributed by atoms with van der Waals surface area (Å²) < 4.78 is 1.34. The van der Waals surface area contributed by atoms with Crippen LogP contribution >= 0.6 is 11.3 Å². The lowest BCUT2D eigenvalue weighted by Gasteiger charge is -1.99. The van der Waals surface area contributed by atoms with Crippen molar-refractivity contribution in [1.82, 2.24) is 30.5 Å². The Morgan fingerprint density at radius 1 is 1.33 bits per heavy atom. The molecule has 9 heteroatoms. The number of benzene rings is 1. The van der Waals surface area contributed by atoms with E-state index in [0.29, 0.717) is 5.01 Å². The lowest BCUT2D eigenvalue weighted by atomic mass is 10.2. The molecule has 3 aromatic rings. The van der Waals surface area contributed by atoms with Gasteiger partial charge >= 0.3 is 0 Å². The quantitative estimate of drug-likeness (QED) is 0.759. The molecule has 24 heavy (non-hydrogen) atoms. The van der Waals surface area contributed by atoms with E-state index in [1.165, 1.54) is 22.2 Å². The molecule has 1 amide bonds. The standard InChI is InChI=1S/C15H13N7OS/c1-10(7-16)22-9-12(18-21-22)14(23)17-8-13-19-20-15(24-13)11-5-3-2-4-6-11/h2-6,9-10H,8H2,1H3,(H,17,23). The van der Waals surface area contributed by atoms with Gasteiger partial charge in [0.1, 0.15) is 16.1 Å². The number of hydrogen-bond acceptors (Lipinski definition) is 7. The average Bonchev–Trinajstić information content (AvgIpc) is 3.29. The van der Waals surface area contributed by atoms with E-state index in [1.54, 1.807) is 6.92 Å². The summed E-state index contributed by atoms with van der Waals surface area (Å²) in [6.45, 7) is 1.92. The van der Waals surface area contributed by atoms with Gasteiger partial charge in [0.15, 0.2) is 5.69 Å². The maximum Gasteiger partial charge on any atom is 0.273 e. The fourth-order valence-electron chi connectivity index (χ4n) is 1.90. The van der Waals surface area contributed by atoms with Crippen molar-refractivity contribution in [3.8, 4) is 16.6 Å². The molecular formula is C15H13N7OS. The highest BCUT2D eigenvalue weighted by atomic mass is 32.1. The van der Waals surface area contributed by atoms with E-state index in [9.17, 15) is 4.79 Å². The highest BCUT2D eigenvalue weighted by Gasteiger charge is 2.14. The number of aromatic nitrogens is 5. The van der Waals surface area contributed by atoms with Crippen LogP contribution < -0.4 is 5.32 Å². The Bertz CT molecular complexity index is 881. The second-order valence-electron chi connectivity index (χ2n) is 4.94. The number of nitrogens with zero attached hydrogens (tertiary/aromatic N) is 6. The molecule has 1 unspecified atom stereocenters. The van der Waals surface area contributed by atoms with Gasteiger partial charge in [0.25, 0.3) is 5.91 Å². The Labute approximate surface area is 141 Å². The molecule has 2 aromatic heterocycles. The number of hydrogen-bond donors (Lipinski definition) is 1. The minimum absolute atomic E-state index is 0.157. The first kappa shape index (κ1) is 15.8. The molecule has 0 bridgehead atoms. The summed E-state index contributed by atoms with van der Waals surface area (Å²) >= 11 is 1.42. The molecule has 8 nitrogen and oxygen atoms in total. The van der Waals surface area contributed by atoms with Gasteiger partial charge in [-0.2, -0.15) is 5.26 Å². The Balaban J connectivity index is 1.62. The number of carbonyl (C=O) groups excluding carboxylic acids is 1. The van der Waals surface area contributed by atoms with Crippen LogP contribution in [0.15, 0.2) is 36.5 Å². The van der Waals surface area contributed by atoms with Gasteiger partial charge in [-0.1, -0.05) is 46.9 Å². The van der Waals surface area contributed by atoms with Crippen LogP contribution in [0.5, 0.6) is 0 Å². The summed E-state index contributed by atoms with van der Waals surface area (Å²) in [4.78, 5) is 12.1. The van der Waals surface area contributed by atoms with E-state index in [0.717, 1.165) is 10.6 Å². The zero-order valence-corrected chi connectivity index (χ0v) is 13.6. The van der Waals surface area contributed by atoms with Crippen LogP contribution in [-0.4, -0.2) is 31.1 Å². The van der Waals surface area contributed by atoms with Gasteiger partial charge in [0.05, 0.1) is 18.8 Å². The maximum absolute atomic E-state index is 12.1. The fourth-order valence-corrected chi connectivity index (χ4v) is 2.68. The van der Waals surface area contributed by atoms with Gasteiger partial charge in [-0.3, -0.25) is 4.79 Å². The lowest BCUT2D eigenvalue weighted by Crippen LogP contribution is -2.23. The second kappa shape index (κ2) is 6.97. The van der Waals surface area contributed by atoms with Crippen LogP contribution in [0.3, 0.4) is 0 Å². The Morgan fingerprint density at radius 2 is 2.12 bits per heavy atom. The first-order valence-electron chi connectivity index (χ1n) is 7.15. The van der Waals surface area contributed by atoms with E-state index in [-0.39, 0.29) is 18.1 Å². The van der Waals surface area contributed by atoms with E-state index in [4.69, 9.17) is 5.26 Å². The van der Waals surface area contributed by atoms with Gasteiger partial charge in [-0.25, -0.2) is 4.68 Å². The molecule has 1 N–H and O–H groups in total. The summed E-state index contributed by atoms with van der Waals surface area (Å²) in [5, 5.41) is 28.8. The minimum atomic E-state index is -0.476. The number of carbonyl (C=O) groups is 1. The largest absolute Gasteiger partial charge is 0.344 e. The van der Waals surface area contributed by atoms with Crippen LogP contribution in [0.4, 0.5) is 0 Å². The predicted octanol–water partition coefficient (Wildman–Crippen LogP) is 1.81. The molecule has 0 spiro atoms. The van der Waals surface area contributed by atoms with Crippen LogP contribution in [0.2, 0.25) is 0 Å². The lowest BCUT2D eigenvalue weighted by molar-refractivity contribution is 0.0945. The zero-order valence-electron chi connectivity index (χ0n) is 12.7. The molecule has 0 radical (unpaired) electrons. The third-order valence-electron chi connectivity index (χ3n) is 3.21. The van der Waals surface area contributed by atoms with Crippen LogP contribution in [-0.2, 0) is 6.54 Å². The summed E-state index contributed by atoms with van der Waals surface area (Å²) in [5.41, 5.74) is 1.14. The third-order valence-corrected chi connectivity index (χ3v) is 4.19. The van der Waals surface area contributed by atoms with Crippen LogP contribution in [0.25, 0.3) is 10.6 Å². The van der Waals surface area contributed by atoms with Gasteiger partial charge in [0.2, 0.25) is 0 Å². The highest BCUT2D eigenvalue weighted by Crippen LogP contribution is 2.22. The van der Waals surface area contributed by atoms with Gasteiger partial charge in [-0.15, -0.1) is 15.3 Å². The van der Waals surface area contributed by atoms with Crippen molar-refractivity contribution in [3.63, 3.8) is 0 Å². The van der Waals surface area contributed by atoms with E-state index >= 15 is 0 Å². The second-order valence-corrected chi connectivity index (χ2v) is 6.00. The van der Waals surface area contributed by atoms with Crippen molar-refractivity contribution >= 4 is 17.2 Å². The van der Waals surface area contributed by atoms with E-state index in [1.807, 2.05) is 36.4 Å². The van der Waals surface area contributed by atoms with Gasteiger partial charge < -0.3 is 5.32 Å². The van der Waals surface area contributed by atoms with E-state index in [2.05, 4.69) is 25.8 Å². The maximum atomic E-state index is 12.1. The summed E-state index contributed by atoms with van der Waals surface area (Å²) in [5.74, 6) is -0.372. The van der Waals surface area contributed by atoms with Crippen molar-refractivity contribution in [1.29, 1.82) is 5.26 Å². The Morgan fingerprint density at radius 3 is 2.88 bits per heavy atom. The molecule has 1 aromatic carbocycles. The van der Waals surface area contributed by atoms with Crippen molar-refractivity contribution in [3.05, 3.63) is 47.2 Å². The van der Waals surface area contributed by atoms with E-state index < -0.39 is 6.04 Å². The molecule has 0 aliphatic carbocycles. The topological polar surface area (TPSA) is 109 Å². The highest BCUT2D eigenvalue weighted by molar-refractivity contribution is 7.14. The monoisotopic (exact) mass is 339 g/mol. The first-order chi connectivity index (χ1) is 11.7. The predicted molar refractivity (Wildman–Crippen MR) is 86.9 cm³/mol. The molecule has 0 aliphatic rings. The van der Waals surface area contributed by atoms with Crippen molar-refractivity contribution in [2.45, 2.75) is 19.5 Å². The summed E-state index contributed by atoms with van der Waals surface area (Å²) in [6, 6.07) is 11.3. The van der Waals surface area contributed by atoms with Crippen molar-refractivity contribution in [2.24, 2.45) is 0 Å². The molecule has 0 aliphatic heterocycles. The molecule has 0 saturated carbocycles. The average molecular weight is 339 g/mol. The number of nitriles is 1. The number of nitrogens with one attached hydrogen (secondary N) is 1. The van der Waals surface area contributed by atoms with Crippen LogP contribution in [0.1, 0.15) is 28.5 Å². The third kappa shape index (κ3) is 3.44. The van der Waals surface area contributed by atoms with Crippen molar-refractivity contribution < 1.29 is 4.79 Å². The Hall–Kier alpha value is -3.12. The molecule has 2 heterocycles. The zero-order chi connectivity index (χ0) is 16.9. The molecule has 3 rings (SSSR count).